The Labute approximate surface area is 163 Å². The summed E-state index contributed by atoms with van der Waals surface area (Å²) >= 11 is 0. The summed E-state index contributed by atoms with van der Waals surface area (Å²) in [6.45, 7) is 12.1. The van der Waals surface area contributed by atoms with Crippen LogP contribution < -0.4 is 0 Å². The van der Waals surface area contributed by atoms with Gasteiger partial charge in [-0.3, -0.25) is 0 Å². The minimum absolute atomic E-state index is 0.141. The number of rotatable bonds is 7. The van der Waals surface area contributed by atoms with Crippen molar-refractivity contribution in [3.05, 3.63) is 58.2 Å². The second kappa shape index (κ2) is 10.1. The summed E-state index contributed by atoms with van der Waals surface area (Å²) in [5.41, 5.74) is 4.13. The van der Waals surface area contributed by atoms with E-state index in [0.717, 1.165) is 12.0 Å². The fraction of sp³-hybridized carbons (Fsp3) is 0.478. The second-order valence-corrected chi connectivity index (χ2v) is 7.62. The van der Waals surface area contributed by atoms with Crippen LogP contribution in [0, 0.1) is 5.41 Å². The number of hydrogen-bond donors (Lipinski definition) is 1. The van der Waals surface area contributed by atoms with E-state index < -0.39 is 11.9 Å². The average molecular weight is 373 g/mol. The first-order valence-electron chi connectivity index (χ1n) is 9.44. The number of carbonyl (C=O) groups excluding carboxylic acids is 1. The molecule has 0 saturated heterocycles. The monoisotopic (exact) mass is 372 g/mol. The number of carboxylic acid groups (broad SMARTS) is 1. The molecule has 0 aromatic rings. The van der Waals surface area contributed by atoms with Gasteiger partial charge in [-0.1, -0.05) is 55.4 Å². The van der Waals surface area contributed by atoms with Gasteiger partial charge >= 0.3 is 11.9 Å². The fourth-order valence-corrected chi connectivity index (χ4v) is 3.33. The van der Waals surface area contributed by atoms with E-state index in [1.54, 1.807) is 26.0 Å². The molecule has 0 aliphatic heterocycles. The van der Waals surface area contributed by atoms with Gasteiger partial charge in [-0.15, -0.1) is 0 Å². The predicted octanol–water partition coefficient (Wildman–Crippen LogP) is 5.54. The molecule has 0 heterocycles. The lowest BCUT2D eigenvalue weighted by Crippen LogP contribution is -2.19. The van der Waals surface area contributed by atoms with E-state index in [-0.39, 0.29) is 17.6 Å². The zero-order chi connectivity index (χ0) is 20.6. The van der Waals surface area contributed by atoms with Gasteiger partial charge in [0.1, 0.15) is 5.57 Å². The van der Waals surface area contributed by atoms with Crippen LogP contribution >= 0.6 is 0 Å². The van der Waals surface area contributed by atoms with E-state index in [1.807, 2.05) is 13.0 Å². The van der Waals surface area contributed by atoms with E-state index in [4.69, 9.17) is 4.74 Å². The molecule has 0 fully saturated rings. The largest absolute Gasteiger partial charge is 0.477 e. The third kappa shape index (κ3) is 6.70. The van der Waals surface area contributed by atoms with Crippen molar-refractivity contribution in [3.63, 3.8) is 0 Å². The van der Waals surface area contributed by atoms with Gasteiger partial charge < -0.3 is 9.84 Å². The highest BCUT2D eigenvalue weighted by Gasteiger charge is 2.26. The lowest BCUT2D eigenvalue weighted by Gasteiger charge is -2.32. The summed E-state index contributed by atoms with van der Waals surface area (Å²) in [6.07, 6.45) is 13.1. The Balaban J connectivity index is 2.96. The second-order valence-electron chi connectivity index (χ2n) is 7.62. The molecule has 148 valence electrons. The molecular formula is C23H32O4. The number of aliphatic carboxylic acids is 1. The molecule has 1 N–H and O–H groups in total. The van der Waals surface area contributed by atoms with E-state index in [0.29, 0.717) is 5.57 Å². The van der Waals surface area contributed by atoms with Gasteiger partial charge in [-0.25, -0.2) is 9.59 Å². The van der Waals surface area contributed by atoms with Crippen LogP contribution in [0.3, 0.4) is 0 Å². The Morgan fingerprint density at radius 2 is 1.89 bits per heavy atom. The molecule has 0 atom stereocenters. The maximum Gasteiger partial charge on any atom is 0.345 e. The maximum absolute atomic E-state index is 11.8. The number of carbonyl (C=O) groups is 2. The van der Waals surface area contributed by atoms with Crippen LogP contribution in [0.4, 0.5) is 0 Å². The van der Waals surface area contributed by atoms with Crippen molar-refractivity contribution >= 4 is 11.9 Å². The van der Waals surface area contributed by atoms with Crippen LogP contribution in [0.5, 0.6) is 0 Å². The molecule has 0 aromatic carbocycles. The van der Waals surface area contributed by atoms with E-state index in [1.165, 1.54) is 24.0 Å². The van der Waals surface area contributed by atoms with Crippen molar-refractivity contribution in [2.45, 2.75) is 60.8 Å². The summed E-state index contributed by atoms with van der Waals surface area (Å²) in [7, 11) is 0. The Morgan fingerprint density at radius 1 is 1.22 bits per heavy atom. The topological polar surface area (TPSA) is 63.6 Å². The summed E-state index contributed by atoms with van der Waals surface area (Å²) in [5.74, 6) is -2.09. The first-order chi connectivity index (χ1) is 12.6. The van der Waals surface area contributed by atoms with E-state index >= 15 is 0 Å². The van der Waals surface area contributed by atoms with Gasteiger partial charge in [-0.2, -0.15) is 0 Å². The Kier molecular flexibility index (Phi) is 8.48. The highest BCUT2D eigenvalue weighted by atomic mass is 16.5. The van der Waals surface area contributed by atoms with Gasteiger partial charge in [0, 0.05) is 0 Å². The number of esters is 1. The van der Waals surface area contributed by atoms with Crippen molar-refractivity contribution in [1.29, 1.82) is 0 Å². The standard InChI is InChI=1S/C23H32O4/c1-7-27-22(26)20(21(24)25)18(4)11-8-10-16(2)13-14-19-17(3)12-9-15-23(19,5)6/h8,10-11,13-14H,7,9,12,15H2,1-6H3,(H,24,25)/b11-8+,14-13+,16-10+,20-18+. The minimum atomic E-state index is -1.28. The molecule has 0 amide bonds. The lowest BCUT2D eigenvalue weighted by atomic mass is 9.72. The summed E-state index contributed by atoms with van der Waals surface area (Å²) in [6, 6.07) is 0. The molecule has 0 aromatic heterocycles. The van der Waals surface area contributed by atoms with Gasteiger partial charge in [0.15, 0.2) is 0 Å². The minimum Gasteiger partial charge on any atom is -0.477 e. The summed E-state index contributed by atoms with van der Waals surface area (Å²) < 4.78 is 4.81. The summed E-state index contributed by atoms with van der Waals surface area (Å²) in [5, 5.41) is 9.23. The molecule has 4 nitrogen and oxygen atoms in total. The SMILES string of the molecule is CCOC(=O)/C(C(=O)O)=C(C)/C=C/C=C(C)/C=C/C1=C(C)CCCC1(C)C. The van der Waals surface area contributed by atoms with Crippen LogP contribution in [0.2, 0.25) is 0 Å². The zero-order valence-corrected chi connectivity index (χ0v) is 17.4. The average Bonchev–Trinajstić information content (AvgIpc) is 2.53. The van der Waals surface area contributed by atoms with Crippen molar-refractivity contribution in [2.24, 2.45) is 5.41 Å². The number of hydrogen-bond acceptors (Lipinski definition) is 3. The molecule has 0 spiro atoms. The van der Waals surface area contributed by atoms with Crippen LogP contribution in [-0.4, -0.2) is 23.7 Å². The molecule has 0 bridgehead atoms. The third-order valence-electron chi connectivity index (χ3n) is 4.85. The first kappa shape index (κ1) is 22.7. The predicted molar refractivity (Wildman–Crippen MR) is 109 cm³/mol. The molecular weight excluding hydrogens is 340 g/mol. The molecule has 0 unspecified atom stereocenters. The Morgan fingerprint density at radius 3 is 2.44 bits per heavy atom. The number of allylic oxidation sites excluding steroid dienone is 9. The molecule has 1 rings (SSSR count). The Bertz CT molecular complexity index is 727. The Hall–Kier alpha value is -2.36. The van der Waals surface area contributed by atoms with Gasteiger partial charge in [0.05, 0.1) is 6.61 Å². The molecule has 1 aliphatic carbocycles. The van der Waals surface area contributed by atoms with Crippen LogP contribution in [0.15, 0.2) is 58.2 Å². The van der Waals surface area contributed by atoms with Crippen LogP contribution in [-0.2, 0) is 14.3 Å². The zero-order valence-electron chi connectivity index (χ0n) is 17.4. The number of ether oxygens (including phenoxy) is 1. The van der Waals surface area contributed by atoms with Crippen molar-refractivity contribution in [1.82, 2.24) is 0 Å². The number of carboxylic acids is 1. The third-order valence-corrected chi connectivity index (χ3v) is 4.85. The molecule has 1 aliphatic rings. The van der Waals surface area contributed by atoms with E-state index in [9.17, 15) is 14.7 Å². The molecule has 0 radical (unpaired) electrons. The first-order valence-corrected chi connectivity index (χ1v) is 9.44. The van der Waals surface area contributed by atoms with Gasteiger partial charge in [-0.05, 0) is 63.5 Å². The van der Waals surface area contributed by atoms with Gasteiger partial charge in [0.2, 0.25) is 0 Å². The normalized spacial score (nSPS) is 18.8. The van der Waals surface area contributed by atoms with Gasteiger partial charge in [0.25, 0.3) is 0 Å². The van der Waals surface area contributed by atoms with Crippen LogP contribution in [0.1, 0.15) is 60.8 Å². The molecule has 0 saturated carbocycles. The van der Waals surface area contributed by atoms with Crippen molar-refractivity contribution < 1.29 is 19.4 Å². The van der Waals surface area contributed by atoms with Crippen molar-refractivity contribution in [2.75, 3.05) is 6.61 Å². The highest BCUT2D eigenvalue weighted by molar-refractivity contribution is 6.14. The summed E-state index contributed by atoms with van der Waals surface area (Å²) in [4.78, 5) is 23.1. The lowest BCUT2D eigenvalue weighted by molar-refractivity contribution is -0.143. The quantitative estimate of drug-likeness (QED) is 0.210. The molecule has 27 heavy (non-hydrogen) atoms. The van der Waals surface area contributed by atoms with Crippen LogP contribution in [0.25, 0.3) is 0 Å². The smallest absolute Gasteiger partial charge is 0.345 e. The van der Waals surface area contributed by atoms with E-state index in [2.05, 4.69) is 32.9 Å². The maximum atomic E-state index is 11.8. The fourth-order valence-electron chi connectivity index (χ4n) is 3.33. The highest BCUT2D eigenvalue weighted by Crippen LogP contribution is 2.40. The van der Waals surface area contributed by atoms with Crippen molar-refractivity contribution in [3.8, 4) is 0 Å². The molecule has 4 heteroatoms.